The van der Waals surface area contributed by atoms with Crippen LogP contribution in [0, 0.1) is 0 Å². The molecule has 4 nitrogen and oxygen atoms in total. The molecule has 0 spiro atoms. The van der Waals surface area contributed by atoms with E-state index >= 15 is 0 Å². The highest BCUT2D eigenvalue weighted by atomic mass is 79.9. The van der Waals surface area contributed by atoms with E-state index in [1.54, 1.807) is 18.2 Å². The highest BCUT2D eigenvalue weighted by Gasteiger charge is 2.15. The summed E-state index contributed by atoms with van der Waals surface area (Å²) < 4.78 is 11.0. The molecule has 5 heteroatoms. The van der Waals surface area contributed by atoms with Crippen molar-refractivity contribution in [1.82, 2.24) is 0 Å². The molecule has 0 aliphatic rings. The maximum absolute atomic E-state index is 11.5. The Morgan fingerprint density at radius 1 is 1.56 bits per heavy atom. The molecule has 0 fully saturated rings. The first-order valence-corrected chi connectivity index (χ1v) is 5.62. The van der Waals surface area contributed by atoms with Gasteiger partial charge in [-0.05, 0) is 25.1 Å². The van der Waals surface area contributed by atoms with Crippen molar-refractivity contribution in [1.29, 1.82) is 0 Å². The summed E-state index contributed by atoms with van der Waals surface area (Å²) in [5.41, 5.74) is 5.86. The van der Waals surface area contributed by atoms with Crippen LogP contribution in [0.15, 0.2) is 22.7 Å². The van der Waals surface area contributed by atoms with Gasteiger partial charge in [0.1, 0.15) is 17.4 Å². The number of carbonyl (C=O) groups excluding carboxylic acids is 1. The van der Waals surface area contributed by atoms with E-state index in [1.807, 2.05) is 6.92 Å². The van der Waals surface area contributed by atoms with Crippen molar-refractivity contribution in [2.45, 2.75) is 13.0 Å². The van der Waals surface area contributed by atoms with Crippen molar-refractivity contribution in [3.05, 3.63) is 28.2 Å². The summed E-state index contributed by atoms with van der Waals surface area (Å²) in [5, 5.41) is 0. The maximum atomic E-state index is 11.5. The van der Waals surface area contributed by atoms with Crippen LogP contribution in [0.3, 0.4) is 0 Å². The van der Waals surface area contributed by atoms with Gasteiger partial charge in [-0.15, -0.1) is 0 Å². The Morgan fingerprint density at radius 2 is 2.25 bits per heavy atom. The van der Waals surface area contributed by atoms with Gasteiger partial charge in [-0.2, -0.15) is 0 Å². The molecule has 1 aromatic carbocycles. The molecule has 1 atom stereocenters. The van der Waals surface area contributed by atoms with Crippen LogP contribution in [0.25, 0.3) is 0 Å². The largest absolute Gasteiger partial charge is 0.488 e. The highest BCUT2D eigenvalue weighted by Crippen LogP contribution is 2.25. The monoisotopic (exact) mass is 287 g/mol. The van der Waals surface area contributed by atoms with E-state index in [2.05, 4.69) is 20.7 Å². The van der Waals surface area contributed by atoms with Gasteiger partial charge in [-0.1, -0.05) is 15.9 Å². The molecule has 0 heterocycles. The minimum Gasteiger partial charge on any atom is -0.488 e. The van der Waals surface area contributed by atoms with E-state index in [0.717, 1.165) is 4.47 Å². The lowest BCUT2D eigenvalue weighted by atomic mass is 10.2. The predicted octanol–water partition coefficient (Wildman–Crippen LogP) is 1.96. The second-order valence-corrected chi connectivity index (χ2v) is 4.21. The van der Waals surface area contributed by atoms with Crippen molar-refractivity contribution in [3.8, 4) is 5.75 Å². The van der Waals surface area contributed by atoms with Crippen LogP contribution < -0.4 is 10.5 Å². The van der Waals surface area contributed by atoms with Crippen molar-refractivity contribution < 1.29 is 14.3 Å². The molecule has 0 aliphatic carbocycles. The van der Waals surface area contributed by atoms with E-state index in [4.69, 9.17) is 10.5 Å². The second kappa shape index (κ2) is 5.86. The first-order valence-electron chi connectivity index (χ1n) is 4.83. The van der Waals surface area contributed by atoms with E-state index in [0.29, 0.717) is 17.9 Å². The third-order valence-corrected chi connectivity index (χ3v) is 2.50. The van der Waals surface area contributed by atoms with Gasteiger partial charge < -0.3 is 15.2 Å². The van der Waals surface area contributed by atoms with Crippen LogP contribution in [-0.4, -0.2) is 25.7 Å². The summed E-state index contributed by atoms with van der Waals surface area (Å²) in [6.07, 6.45) is -0.155. The third kappa shape index (κ3) is 3.21. The number of ether oxygens (including phenoxy) is 2. The van der Waals surface area contributed by atoms with E-state index in [-0.39, 0.29) is 6.10 Å². The Labute approximate surface area is 103 Å². The molecule has 0 aromatic heterocycles. The minimum absolute atomic E-state index is 0.155. The number of methoxy groups -OCH3 is 1. The van der Waals surface area contributed by atoms with Gasteiger partial charge in [0, 0.05) is 11.0 Å². The highest BCUT2D eigenvalue weighted by molar-refractivity contribution is 9.10. The summed E-state index contributed by atoms with van der Waals surface area (Å²) in [4.78, 5) is 11.5. The summed E-state index contributed by atoms with van der Waals surface area (Å²) >= 11 is 3.32. The Kier molecular flexibility index (Phi) is 4.76. The molecule has 0 saturated heterocycles. The first kappa shape index (κ1) is 13.0. The van der Waals surface area contributed by atoms with E-state index in [1.165, 1.54) is 7.11 Å². The second-order valence-electron chi connectivity index (χ2n) is 3.30. The molecule has 0 bridgehead atoms. The summed E-state index contributed by atoms with van der Waals surface area (Å²) in [5.74, 6) is 0.0471. The van der Waals surface area contributed by atoms with Gasteiger partial charge in [0.15, 0.2) is 0 Å². The number of hydrogen-bond donors (Lipinski definition) is 1. The molecule has 2 N–H and O–H groups in total. The molecule has 0 unspecified atom stereocenters. The third-order valence-electron chi connectivity index (χ3n) is 2.01. The van der Waals surface area contributed by atoms with Gasteiger partial charge in [-0.25, -0.2) is 4.79 Å². The topological polar surface area (TPSA) is 61.5 Å². The number of nitrogens with two attached hydrogens (primary N) is 1. The summed E-state index contributed by atoms with van der Waals surface area (Å²) in [6.45, 7) is 2.22. The lowest BCUT2D eigenvalue weighted by molar-refractivity contribution is 0.0594. The Balaban J connectivity index is 3.03. The minimum atomic E-state index is -0.424. The molecule has 16 heavy (non-hydrogen) atoms. The van der Waals surface area contributed by atoms with Crippen LogP contribution in [-0.2, 0) is 4.74 Å². The Hall–Kier alpha value is -1.07. The Morgan fingerprint density at radius 3 is 2.81 bits per heavy atom. The average Bonchev–Trinajstić information content (AvgIpc) is 2.28. The van der Waals surface area contributed by atoms with Crippen molar-refractivity contribution >= 4 is 21.9 Å². The SMILES string of the molecule is COC(=O)c1ccc(Br)cc1O[C@H](C)CN. The molecular formula is C11H14BrNO3. The van der Waals surface area contributed by atoms with Gasteiger partial charge in [0.2, 0.25) is 0 Å². The van der Waals surface area contributed by atoms with Crippen LogP contribution in [0.1, 0.15) is 17.3 Å². The van der Waals surface area contributed by atoms with Crippen LogP contribution >= 0.6 is 15.9 Å². The summed E-state index contributed by atoms with van der Waals surface area (Å²) in [6, 6.07) is 5.12. The van der Waals surface area contributed by atoms with Crippen LogP contribution in [0.5, 0.6) is 5.75 Å². The first-order chi connectivity index (χ1) is 7.58. The predicted molar refractivity (Wildman–Crippen MR) is 64.6 cm³/mol. The normalized spacial score (nSPS) is 12.0. The molecule has 1 rings (SSSR count). The molecular weight excluding hydrogens is 274 g/mol. The number of benzene rings is 1. The lowest BCUT2D eigenvalue weighted by Gasteiger charge is -2.15. The number of halogens is 1. The average molecular weight is 288 g/mol. The molecule has 0 saturated carbocycles. The number of rotatable bonds is 4. The number of carbonyl (C=O) groups is 1. The van der Waals surface area contributed by atoms with E-state index < -0.39 is 5.97 Å². The zero-order valence-electron chi connectivity index (χ0n) is 9.20. The molecule has 0 radical (unpaired) electrons. The lowest BCUT2D eigenvalue weighted by Crippen LogP contribution is -2.23. The fraction of sp³-hybridized carbons (Fsp3) is 0.364. The fourth-order valence-corrected chi connectivity index (χ4v) is 1.48. The van der Waals surface area contributed by atoms with Crippen LogP contribution in [0.4, 0.5) is 0 Å². The standard InChI is InChI=1S/C11H14BrNO3/c1-7(6-13)16-10-5-8(12)3-4-9(10)11(14)15-2/h3-5,7H,6,13H2,1-2H3/t7-/m1/s1. The summed E-state index contributed by atoms with van der Waals surface area (Å²) in [7, 11) is 1.33. The number of esters is 1. The van der Waals surface area contributed by atoms with Gasteiger partial charge >= 0.3 is 5.97 Å². The molecule has 0 amide bonds. The molecule has 0 aliphatic heterocycles. The molecule has 88 valence electrons. The van der Waals surface area contributed by atoms with Crippen LogP contribution in [0.2, 0.25) is 0 Å². The van der Waals surface area contributed by atoms with Gasteiger partial charge in [0.05, 0.1) is 7.11 Å². The zero-order chi connectivity index (χ0) is 12.1. The Bertz CT molecular complexity index is 381. The quantitative estimate of drug-likeness (QED) is 0.860. The smallest absolute Gasteiger partial charge is 0.341 e. The fourth-order valence-electron chi connectivity index (χ4n) is 1.14. The van der Waals surface area contributed by atoms with Crippen molar-refractivity contribution in [3.63, 3.8) is 0 Å². The van der Waals surface area contributed by atoms with E-state index in [9.17, 15) is 4.79 Å². The maximum Gasteiger partial charge on any atom is 0.341 e. The van der Waals surface area contributed by atoms with Gasteiger partial charge in [-0.3, -0.25) is 0 Å². The van der Waals surface area contributed by atoms with Gasteiger partial charge in [0.25, 0.3) is 0 Å². The number of hydrogen-bond acceptors (Lipinski definition) is 4. The zero-order valence-corrected chi connectivity index (χ0v) is 10.8. The molecule has 1 aromatic rings. The van der Waals surface area contributed by atoms with Crippen molar-refractivity contribution in [2.24, 2.45) is 5.73 Å². The van der Waals surface area contributed by atoms with Crippen molar-refractivity contribution in [2.75, 3.05) is 13.7 Å².